The lowest BCUT2D eigenvalue weighted by molar-refractivity contribution is 0.0531. The predicted octanol–water partition coefficient (Wildman–Crippen LogP) is 5.54. The van der Waals surface area contributed by atoms with Gasteiger partial charge in [0, 0.05) is 21.2 Å². The van der Waals surface area contributed by atoms with Gasteiger partial charge in [-0.25, -0.2) is 4.79 Å². The number of thioether (sulfide) groups is 1. The summed E-state index contributed by atoms with van der Waals surface area (Å²) < 4.78 is 5.36. The van der Waals surface area contributed by atoms with Crippen LogP contribution in [0.25, 0.3) is 0 Å². The molecule has 4 nitrogen and oxygen atoms in total. The zero-order valence-corrected chi connectivity index (χ0v) is 16.5. The number of rotatable bonds is 7. The second kappa shape index (κ2) is 9.97. The van der Waals surface area contributed by atoms with Gasteiger partial charge < -0.3 is 10.1 Å². The minimum atomic E-state index is -0.472. The lowest BCUT2D eigenvalue weighted by Gasteiger charge is -2.11. The minimum absolute atomic E-state index is 0.257. The van der Waals surface area contributed by atoms with E-state index in [4.69, 9.17) is 16.3 Å². The molecule has 0 radical (unpaired) electrons. The van der Waals surface area contributed by atoms with Gasteiger partial charge in [-0.15, -0.1) is 11.8 Å². The fraction of sp³-hybridized carbons (Fsp3) is 0.0909. The molecule has 0 heterocycles. The number of nitrogens with one attached hydrogen (secondary N) is 1. The first kappa shape index (κ1) is 20.0. The smallest absolute Gasteiger partial charge is 0.340 e. The Hall–Kier alpha value is -2.76. The molecular weight excluding hydrogens is 394 g/mol. The molecule has 1 amide bonds. The van der Waals surface area contributed by atoms with E-state index in [0.717, 1.165) is 4.90 Å². The van der Waals surface area contributed by atoms with E-state index >= 15 is 0 Å². The predicted molar refractivity (Wildman–Crippen MR) is 113 cm³/mol. The minimum Gasteiger partial charge on any atom is -0.461 e. The van der Waals surface area contributed by atoms with Gasteiger partial charge in [0.25, 0.3) is 5.91 Å². The van der Waals surface area contributed by atoms with E-state index in [1.807, 2.05) is 30.3 Å². The highest BCUT2D eigenvalue weighted by Crippen LogP contribution is 2.21. The van der Waals surface area contributed by atoms with Crippen molar-refractivity contribution in [1.82, 2.24) is 0 Å². The first-order valence-corrected chi connectivity index (χ1v) is 10.0. The summed E-state index contributed by atoms with van der Waals surface area (Å²) in [7, 11) is 0. The van der Waals surface area contributed by atoms with E-state index < -0.39 is 5.97 Å². The Balaban J connectivity index is 1.56. The largest absolute Gasteiger partial charge is 0.461 e. The average Bonchev–Trinajstić information content (AvgIpc) is 2.73. The number of benzene rings is 3. The van der Waals surface area contributed by atoms with Gasteiger partial charge in [-0.3, -0.25) is 4.79 Å². The molecule has 6 heteroatoms. The van der Waals surface area contributed by atoms with Crippen LogP contribution in [0.1, 0.15) is 20.7 Å². The molecule has 0 aliphatic heterocycles. The molecule has 0 bridgehead atoms. The topological polar surface area (TPSA) is 55.4 Å². The molecule has 1 N–H and O–H groups in total. The van der Waals surface area contributed by atoms with Crippen molar-refractivity contribution < 1.29 is 14.3 Å². The Bertz CT molecular complexity index is 946. The maximum absolute atomic E-state index is 12.4. The van der Waals surface area contributed by atoms with Crippen LogP contribution in [0.4, 0.5) is 5.69 Å². The molecule has 0 saturated heterocycles. The zero-order chi connectivity index (χ0) is 19.8. The van der Waals surface area contributed by atoms with Gasteiger partial charge in [0.15, 0.2) is 0 Å². The molecule has 0 unspecified atom stereocenters. The van der Waals surface area contributed by atoms with Crippen LogP contribution < -0.4 is 5.32 Å². The summed E-state index contributed by atoms with van der Waals surface area (Å²) in [6.45, 7) is 0.257. The van der Waals surface area contributed by atoms with Gasteiger partial charge in [0.05, 0.1) is 11.3 Å². The van der Waals surface area contributed by atoms with E-state index in [1.165, 1.54) is 0 Å². The summed E-state index contributed by atoms with van der Waals surface area (Å²) in [5, 5.41) is 3.46. The molecule has 3 rings (SSSR count). The van der Waals surface area contributed by atoms with E-state index in [2.05, 4.69) is 5.32 Å². The molecule has 0 saturated carbocycles. The van der Waals surface area contributed by atoms with Crippen LogP contribution in [0.15, 0.2) is 83.8 Å². The van der Waals surface area contributed by atoms with Gasteiger partial charge >= 0.3 is 5.97 Å². The normalized spacial score (nSPS) is 10.3. The summed E-state index contributed by atoms with van der Waals surface area (Å²) in [6, 6.07) is 23.1. The number of para-hydroxylation sites is 1. The van der Waals surface area contributed by atoms with Crippen molar-refractivity contribution in [3.8, 4) is 0 Å². The molecule has 3 aromatic carbocycles. The molecular formula is C22H18ClNO3S. The summed E-state index contributed by atoms with van der Waals surface area (Å²) in [6.07, 6.45) is 0. The summed E-state index contributed by atoms with van der Waals surface area (Å²) in [5.74, 6) is -0.133. The van der Waals surface area contributed by atoms with Gasteiger partial charge in [-0.1, -0.05) is 41.9 Å². The average molecular weight is 412 g/mol. The van der Waals surface area contributed by atoms with Gasteiger partial charge in [-0.2, -0.15) is 0 Å². The third-order valence-electron chi connectivity index (χ3n) is 3.83. The number of carbonyl (C=O) groups is 2. The number of hydrogen-bond acceptors (Lipinski definition) is 4. The third kappa shape index (κ3) is 5.62. The van der Waals surface area contributed by atoms with Gasteiger partial charge in [0.2, 0.25) is 0 Å². The second-order valence-corrected chi connectivity index (χ2v) is 7.41. The van der Waals surface area contributed by atoms with Crippen molar-refractivity contribution in [2.45, 2.75) is 4.90 Å². The Morgan fingerprint density at radius 1 is 0.893 bits per heavy atom. The summed E-state index contributed by atoms with van der Waals surface area (Å²) in [4.78, 5) is 25.8. The van der Waals surface area contributed by atoms with E-state index in [0.29, 0.717) is 27.6 Å². The number of ether oxygens (including phenoxy) is 1. The highest BCUT2D eigenvalue weighted by molar-refractivity contribution is 7.99. The van der Waals surface area contributed by atoms with Crippen LogP contribution in [0.2, 0.25) is 5.02 Å². The first-order valence-electron chi connectivity index (χ1n) is 8.64. The van der Waals surface area contributed by atoms with Crippen LogP contribution in [-0.4, -0.2) is 24.2 Å². The highest BCUT2D eigenvalue weighted by atomic mass is 35.5. The van der Waals surface area contributed by atoms with E-state index in [9.17, 15) is 9.59 Å². The molecule has 28 heavy (non-hydrogen) atoms. The van der Waals surface area contributed by atoms with Crippen LogP contribution in [0.3, 0.4) is 0 Å². The molecule has 0 fully saturated rings. The molecule has 0 spiro atoms. The maximum atomic E-state index is 12.4. The Morgan fingerprint density at radius 2 is 1.57 bits per heavy atom. The second-order valence-electron chi connectivity index (χ2n) is 5.80. The van der Waals surface area contributed by atoms with E-state index in [1.54, 1.807) is 60.3 Å². The summed E-state index contributed by atoms with van der Waals surface area (Å²) >= 11 is 7.44. The van der Waals surface area contributed by atoms with Crippen molar-refractivity contribution in [2.75, 3.05) is 17.7 Å². The third-order valence-corrected chi connectivity index (χ3v) is 5.06. The van der Waals surface area contributed by atoms with Gasteiger partial charge in [0.1, 0.15) is 6.61 Å². The number of halogens is 1. The highest BCUT2D eigenvalue weighted by Gasteiger charge is 2.15. The Morgan fingerprint density at radius 3 is 2.32 bits per heavy atom. The molecule has 0 aliphatic rings. The van der Waals surface area contributed by atoms with Crippen molar-refractivity contribution >= 4 is 40.9 Å². The molecule has 0 atom stereocenters. The van der Waals surface area contributed by atoms with Crippen LogP contribution in [0, 0.1) is 0 Å². The van der Waals surface area contributed by atoms with Crippen LogP contribution in [-0.2, 0) is 4.74 Å². The fourth-order valence-corrected chi connectivity index (χ4v) is 3.31. The van der Waals surface area contributed by atoms with Gasteiger partial charge in [-0.05, 0) is 48.5 Å². The van der Waals surface area contributed by atoms with Crippen molar-refractivity contribution in [3.63, 3.8) is 0 Å². The lowest BCUT2D eigenvalue weighted by atomic mass is 10.1. The Kier molecular flexibility index (Phi) is 7.12. The number of hydrogen-bond donors (Lipinski definition) is 1. The quantitative estimate of drug-likeness (QED) is 0.315. The maximum Gasteiger partial charge on any atom is 0.340 e. The van der Waals surface area contributed by atoms with Crippen LogP contribution in [0.5, 0.6) is 0 Å². The number of esters is 1. The molecule has 142 valence electrons. The van der Waals surface area contributed by atoms with Crippen molar-refractivity contribution in [2.24, 2.45) is 0 Å². The zero-order valence-electron chi connectivity index (χ0n) is 14.9. The summed E-state index contributed by atoms with van der Waals surface area (Å²) in [5.41, 5.74) is 1.26. The number of carbonyl (C=O) groups excluding carboxylic acids is 2. The van der Waals surface area contributed by atoms with E-state index in [-0.39, 0.29) is 12.5 Å². The van der Waals surface area contributed by atoms with Crippen molar-refractivity contribution in [1.29, 1.82) is 0 Å². The molecule has 3 aromatic rings. The Labute approximate surface area is 172 Å². The number of anilines is 1. The first-order chi connectivity index (χ1) is 13.6. The molecule has 0 aromatic heterocycles. The lowest BCUT2D eigenvalue weighted by Crippen LogP contribution is -2.16. The standard InChI is InChI=1S/C22H18ClNO3S/c23-17-10-12-18(13-11-17)28-15-14-27-22(26)19-8-4-5-9-20(19)24-21(25)16-6-2-1-3-7-16/h1-13H,14-15H2,(H,24,25). The molecule has 0 aliphatic carbocycles. The SMILES string of the molecule is O=C(Nc1ccccc1C(=O)OCCSc1ccc(Cl)cc1)c1ccccc1. The van der Waals surface area contributed by atoms with Crippen LogP contribution >= 0.6 is 23.4 Å². The monoisotopic (exact) mass is 411 g/mol. The fourth-order valence-electron chi connectivity index (χ4n) is 2.46. The number of amides is 1. The van der Waals surface area contributed by atoms with Crippen molar-refractivity contribution in [3.05, 3.63) is 95.0 Å².